The van der Waals surface area contributed by atoms with Gasteiger partial charge in [-0.2, -0.15) is 0 Å². The second kappa shape index (κ2) is 3.23. The Kier molecular flexibility index (Phi) is 2.07. The fourth-order valence-corrected chi connectivity index (χ4v) is 1.43. The number of nitrogens with one attached hydrogen (secondary N) is 2. The quantitative estimate of drug-likeness (QED) is 0.678. The number of hydrogen-bond donors (Lipinski definition) is 2. The second-order valence-electron chi connectivity index (χ2n) is 3.50. The average Bonchev–Trinajstić information content (AvgIpc) is 2.53. The predicted molar refractivity (Wildman–Crippen MR) is 54.9 cm³/mol. The van der Waals surface area contributed by atoms with E-state index in [-0.39, 0.29) is 0 Å². The molecule has 0 bridgehead atoms. The van der Waals surface area contributed by atoms with Crippen molar-refractivity contribution >= 4 is 5.70 Å². The van der Waals surface area contributed by atoms with Gasteiger partial charge in [0.15, 0.2) is 0 Å². The van der Waals surface area contributed by atoms with E-state index in [1.165, 1.54) is 16.8 Å². The first-order valence-electron chi connectivity index (χ1n) is 4.56. The summed E-state index contributed by atoms with van der Waals surface area (Å²) >= 11 is 0. The van der Waals surface area contributed by atoms with E-state index in [0.29, 0.717) is 6.04 Å². The highest BCUT2D eigenvalue weighted by molar-refractivity contribution is 5.65. The van der Waals surface area contributed by atoms with Crippen molar-refractivity contribution in [3.05, 3.63) is 41.5 Å². The van der Waals surface area contributed by atoms with Gasteiger partial charge in [-0.3, -0.25) is 0 Å². The normalized spacial score (nSPS) is 21.1. The maximum absolute atomic E-state index is 3.15. The fraction of sp³-hybridized carbons (Fsp3) is 0.273. The molecule has 2 N–H and O–H groups in total. The molecule has 1 heterocycles. The molecule has 1 aliphatic heterocycles. The molecule has 1 atom stereocenters. The lowest BCUT2D eigenvalue weighted by molar-refractivity contribution is 0.627. The zero-order chi connectivity index (χ0) is 9.26. The van der Waals surface area contributed by atoms with Crippen molar-refractivity contribution < 1.29 is 0 Å². The van der Waals surface area contributed by atoms with Gasteiger partial charge in [-0.25, -0.2) is 5.43 Å². The molecule has 0 amide bonds. The van der Waals surface area contributed by atoms with Gasteiger partial charge in [0.05, 0.1) is 5.70 Å². The van der Waals surface area contributed by atoms with E-state index < -0.39 is 0 Å². The molecule has 0 saturated carbocycles. The molecule has 2 heteroatoms. The predicted octanol–water partition coefficient (Wildman–Crippen LogP) is 1.83. The van der Waals surface area contributed by atoms with Gasteiger partial charge in [-0.05, 0) is 25.5 Å². The highest BCUT2D eigenvalue weighted by Crippen LogP contribution is 2.15. The minimum absolute atomic E-state index is 0.413. The summed E-state index contributed by atoms with van der Waals surface area (Å²) in [5.74, 6) is 0. The van der Waals surface area contributed by atoms with Crippen LogP contribution in [-0.2, 0) is 0 Å². The van der Waals surface area contributed by atoms with Gasteiger partial charge in [0.1, 0.15) is 0 Å². The SMILES string of the molecule is Cc1ccc(C2=CC(C)NN2)cc1. The molecule has 0 radical (unpaired) electrons. The Hall–Kier alpha value is -1.28. The number of benzene rings is 1. The molecule has 0 aromatic heterocycles. The van der Waals surface area contributed by atoms with Gasteiger partial charge in [-0.1, -0.05) is 29.8 Å². The average molecular weight is 174 g/mol. The van der Waals surface area contributed by atoms with Crippen LogP contribution in [0.15, 0.2) is 30.3 Å². The van der Waals surface area contributed by atoms with Crippen LogP contribution < -0.4 is 10.9 Å². The van der Waals surface area contributed by atoms with Crippen molar-refractivity contribution in [1.82, 2.24) is 10.9 Å². The van der Waals surface area contributed by atoms with Crippen LogP contribution in [0, 0.1) is 6.92 Å². The zero-order valence-electron chi connectivity index (χ0n) is 7.96. The molecule has 0 saturated heterocycles. The number of hydrogen-bond acceptors (Lipinski definition) is 2. The molecule has 1 aromatic rings. The van der Waals surface area contributed by atoms with Gasteiger partial charge in [0.2, 0.25) is 0 Å². The van der Waals surface area contributed by atoms with Crippen LogP contribution in [0.5, 0.6) is 0 Å². The van der Waals surface area contributed by atoms with E-state index in [2.05, 4.69) is 55.0 Å². The molecular formula is C11H14N2. The topological polar surface area (TPSA) is 24.1 Å². The molecule has 0 fully saturated rings. The summed E-state index contributed by atoms with van der Waals surface area (Å²) in [5, 5.41) is 0. The van der Waals surface area contributed by atoms with Crippen molar-refractivity contribution in [1.29, 1.82) is 0 Å². The van der Waals surface area contributed by atoms with Crippen LogP contribution in [0.3, 0.4) is 0 Å². The Morgan fingerprint density at radius 3 is 2.38 bits per heavy atom. The van der Waals surface area contributed by atoms with Crippen LogP contribution in [0.2, 0.25) is 0 Å². The van der Waals surface area contributed by atoms with E-state index in [1.54, 1.807) is 0 Å². The first-order valence-corrected chi connectivity index (χ1v) is 4.56. The Morgan fingerprint density at radius 2 is 1.85 bits per heavy atom. The summed E-state index contributed by atoms with van der Waals surface area (Å²) in [6, 6.07) is 8.93. The highest BCUT2D eigenvalue weighted by Gasteiger charge is 2.10. The minimum Gasteiger partial charge on any atom is -0.321 e. The fourth-order valence-electron chi connectivity index (χ4n) is 1.43. The van der Waals surface area contributed by atoms with Crippen LogP contribution in [0.4, 0.5) is 0 Å². The molecular weight excluding hydrogens is 160 g/mol. The van der Waals surface area contributed by atoms with E-state index in [0.717, 1.165) is 0 Å². The molecule has 68 valence electrons. The Bertz CT molecular complexity index is 324. The molecule has 2 nitrogen and oxygen atoms in total. The third kappa shape index (κ3) is 1.73. The molecule has 0 aliphatic carbocycles. The van der Waals surface area contributed by atoms with Gasteiger partial charge in [0.25, 0.3) is 0 Å². The van der Waals surface area contributed by atoms with Gasteiger partial charge in [-0.15, -0.1) is 0 Å². The summed E-state index contributed by atoms with van der Waals surface area (Å²) in [6.07, 6.45) is 2.19. The number of hydrazine groups is 1. The first-order chi connectivity index (χ1) is 6.25. The van der Waals surface area contributed by atoms with Crippen molar-refractivity contribution in [2.45, 2.75) is 19.9 Å². The van der Waals surface area contributed by atoms with Crippen molar-refractivity contribution in [3.63, 3.8) is 0 Å². The molecule has 1 unspecified atom stereocenters. The molecule has 0 spiro atoms. The maximum Gasteiger partial charge on any atom is 0.0536 e. The molecule has 1 aromatic carbocycles. The smallest absolute Gasteiger partial charge is 0.0536 e. The van der Waals surface area contributed by atoms with Gasteiger partial charge in [0, 0.05) is 6.04 Å². The van der Waals surface area contributed by atoms with Crippen LogP contribution in [0.25, 0.3) is 5.70 Å². The summed E-state index contributed by atoms with van der Waals surface area (Å²) in [4.78, 5) is 0. The van der Waals surface area contributed by atoms with E-state index in [1.807, 2.05) is 0 Å². The zero-order valence-corrected chi connectivity index (χ0v) is 7.96. The minimum atomic E-state index is 0.413. The van der Waals surface area contributed by atoms with Crippen LogP contribution in [0.1, 0.15) is 18.1 Å². The monoisotopic (exact) mass is 174 g/mol. The number of rotatable bonds is 1. The molecule has 13 heavy (non-hydrogen) atoms. The third-order valence-electron chi connectivity index (χ3n) is 2.21. The summed E-state index contributed by atoms with van der Waals surface area (Å²) in [6.45, 7) is 4.22. The van der Waals surface area contributed by atoms with Crippen LogP contribution >= 0.6 is 0 Å². The highest BCUT2D eigenvalue weighted by atomic mass is 15.4. The summed E-state index contributed by atoms with van der Waals surface area (Å²) in [7, 11) is 0. The Labute approximate surface area is 78.6 Å². The van der Waals surface area contributed by atoms with E-state index >= 15 is 0 Å². The molecule has 2 rings (SSSR count). The molecule has 1 aliphatic rings. The van der Waals surface area contributed by atoms with Crippen LogP contribution in [-0.4, -0.2) is 6.04 Å². The lowest BCUT2D eigenvalue weighted by Gasteiger charge is -2.04. The van der Waals surface area contributed by atoms with Crippen molar-refractivity contribution in [3.8, 4) is 0 Å². The summed E-state index contributed by atoms with van der Waals surface area (Å²) in [5.41, 5.74) is 10.0. The summed E-state index contributed by atoms with van der Waals surface area (Å²) < 4.78 is 0. The Balaban J connectivity index is 2.26. The van der Waals surface area contributed by atoms with Crippen molar-refractivity contribution in [2.75, 3.05) is 0 Å². The van der Waals surface area contributed by atoms with Crippen molar-refractivity contribution in [2.24, 2.45) is 0 Å². The standard InChI is InChI=1S/C11H14N2/c1-8-3-5-10(6-4-8)11-7-9(2)12-13-11/h3-7,9,12-13H,1-2H3. The third-order valence-corrected chi connectivity index (χ3v) is 2.21. The lowest BCUT2D eigenvalue weighted by Crippen LogP contribution is -2.29. The van der Waals surface area contributed by atoms with Gasteiger partial charge < -0.3 is 5.43 Å². The first kappa shape index (κ1) is 8.32. The van der Waals surface area contributed by atoms with E-state index in [9.17, 15) is 0 Å². The van der Waals surface area contributed by atoms with Gasteiger partial charge >= 0.3 is 0 Å². The Morgan fingerprint density at radius 1 is 1.15 bits per heavy atom. The largest absolute Gasteiger partial charge is 0.321 e. The maximum atomic E-state index is 3.15. The number of aryl methyl sites for hydroxylation is 1. The lowest BCUT2D eigenvalue weighted by atomic mass is 10.1. The van der Waals surface area contributed by atoms with E-state index in [4.69, 9.17) is 0 Å². The second-order valence-corrected chi connectivity index (χ2v) is 3.50.